The molecule has 0 saturated heterocycles. The number of hydrogen-bond donors (Lipinski definition) is 2. The molecule has 2 heterocycles. The van der Waals surface area contributed by atoms with Crippen molar-refractivity contribution < 1.29 is 21.4 Å². The lowest BCUT2D eigenvalue weighted by Gasteiger charge is -2.05. The van der Waals surface area contributed by atoms with Gasteiger partial charge in [-0.05, 0) is 37.1 Å². The van der Waals surface area contributed by atoms with Gasteiger partial charge in [0, 0.05) is 19.2 Å². The highest BCUT2D eigenvalue weighted by molar-refractivity contribution is 8.93. The van der Waals surface area contributed by atoms with Crippen LogP contribution in [0.1, 0.15) is 30.7 Å². The number of hydrazone groups is 1. The third kappa shape index (κ3) is 6.81. The molecule has 1 aromatic carbocycles. The number of benzene rings is 1. The van der Waals surface area contributed by atoms with E-state index in [-0.39, 0.29) is 34.0 Å². The first-order chi connectivity index (χ1) is 13.7. The highest BCUT2D eigenvalue weighted by atomic mass is 79.9. The van der Waals surface area contributed by atoms with Crippen LogP contribution in [-0.4, -0.2) is 29.8 Å². The number of halogens is 2. The Morgan fingerprint density at radius 3 is 2.47 bits per heavy atom. The molecule has 30 heavy (non-hydrogen) atoms. The molecule has 2 aromatic heterocycles. The van der Waals surface area contributed by atoms with Crippen molar-refractivity contribution in [3.8, 4) is 0 Å². The zero-order valence-corrected chi connectivity index (χ0v) is 20.7. The number of rotatable bonds is 6. The number of imidazole rings is 1. The summed E-state index contributed by atoms with van der Waals surface area (Å²) in [6, 6.07) is 14.4. The van der Waals surface area contributed by atoms with E-state index in [0.29, 0.717) is 12.5 Å². The van der Waals surface area contributed by atoms with Crippen molar-refractivity contribution in [3.05, 3.63) is 71.7 Å². The molecule has 0 fully saturated rings. The Hall–Kier alpha value is -2.45. The number of guanidine groups is 1. The van der Waals surface area contributed by atoms with E-state index < -0.39 is 0 Å². The third-order valence-corrected chi connectivity index (χ3v) is 4.30. The number of aliphatic imine (C=N–C) groups is 1. The van der Waals surface area contributed by atoms with E-state index >= 15 is 0 Å². The van der Waals surface area contributed by atoms with E-state index in [2.05, 4.69) is 79.6 Å². The summed E-state index contributed by atoms with van der Waals surface area (Å²) in [6.45, 7) is 5.53. The Balaban J connectivity index is 0.00000225. The number of aryl methyl sites for hydroxylation is 1. The van der Waals surface area contributed by atoms with Crippen LogP contribution >= 0.6 is 17.0 Å². The quantitative estimate of drug-likeness (QED) is 0.208. The second-order valence-electron chi connectivity index (χ2n) is 6.30. The van der Waals surface area contributed by atoms with Crippen LogP contribution in [0.3, 0.4) is 0 Å². The van der Waals surface area contributed by atoms with Gasteiger partial charge in [-0.3, -0.25) is 4.99 Å². The van der Waals surface area contributed by atoms with E-state index in [1.54, 1.807) is 6.21 Å². The maximum atomic E-state index is 4.30. The van der Waals surface area contributed by atoms with Crippen molar-refractivity contribution >= 4 is 47.0 Å². The first kappa shape index (κ1) is 25.6. The smallest absolute Gasteiger partial charge is 0.286 e. The molecule has 0 unspecified atom stereocenters. The van der Waals surface area contributed by atoms with Crippen LogP contribution in [0.5, 0.6) is 0 Å². The lowest BCUT2D eigenvalue weighted by atomic mass is 10.1. The Morgan fingerprint density at radius 1 is 1.07 bits per heavy atom. The summed E-state index contributed by atoms with van der Waals surface area (Å²) in [7, 11) is 2.07. The summed E-state index contributed by atoms with van der Waals surface area (Å²) >= 11 is 0. The molecule has 0 aliphatic carbocycles. The first-order valence-electron chi connectivity index (χ1n) is 9.52. The molecule has 0 saturated carbocycles. The summed E-state index contributed by atoms with van der Waals surface area (Å²) in [5, 5.41) is 7.38. The van der Waals surface area contributed by atoms with Crippen molar-refractivity contribution in [3.63, 3.8) is 0 Å². The number of aromatic nitrogens is 2. The van der Waals surface area contributed by atoms with Crippen molar-refractivity contribution in [2.24, 2.45) is 17.1 Å². The molecule has 0 aliphatic heterocycles. The molecule has 6 nitrogen and oxygen atoms in total. The summed E-state index contributed by atoms with van der Waals surface area (Å²) in [4.78, 5) is 4.30. The van der Waals surface area contributed by atoms with Crippen molar-refractivity contribution in [1.29, 1.82) is 0 Å². The van der Waals surface area contributed by atoms with Gasteiger partial charge in [0.25, 0.3) is 5.65 Å². The monoisotopic (exact) mass is 534 g/mol. The van der Waals surface area contributed by atoms with Gasteiger partial charge >= 0.3 is 0 Å². The normalized spacial score (nSPS) is 11.5. The number of nitrogens with zero attached hydrogens (tertiary/aromatic N) is 4. The predicted molar refractivity (Wildman–Crippen MR) is 127 cm³/mol. The fourth-order valence-corrected chi connectivity index (χ4v) is 2.86. The fourth-order valence-electron chi connectivity index (χ4n) is 2.86. The first-order valence-corrected chi connectivity index (χ1v) is 9.52. The van der Waals surface area contributed by atoms with Crippen molar-refractivity contribution in [2.75, 3.05) is 13.1 Å². The molecule has 0 amide bonds. The molecular weight excluding hydrogens is 508 g/mol. The molecule has 3 aromatic rings. The fraction of sp³-hybridized carbons (Fsp3) is 0.227. The molecule has 0 bridgehead atoms. The molecule has 8 heteroatoms. The number of hydrogen-bond acceptors (Lipinski definition) is 2. The summed E-state index contributed by atoms with van der Waals surface area (Å²) in [6.07, 6.45) is 10.2. The van der Waals surface area contributed by atoms with Crippen molar-refractivity contribution in [2.45, 2.75) is 13.8 Å². The van der Waals surface area contributed by atoms with Gasteiger partial charge in [0.2, 0.25) is 5.96 Å². The molecule has 2 N–H and O–H groups in total. The minimum atomic E-state index is 0. The summed E-state index contributed by atoms with van der Waals surface area (Å²) in [5.74, 6) is 0.689. The van der Waals surface area contributed by atoms with Crippen LogP contribution in [0.4, 0.5) is 0 Å². The minimum absolute atomic E-state index is 0. The molecule has 0 radical (unpaired) electrons. The van der Waals surface area contributed by atoms with Gasteiger partial charge in [0.1, 0.15) is 6.20 Å². The minimum Gasteiger partial charge on any atom is -1.00 e. The molecule has 0 spiro atoms. The van der Waals surface area contributed by atoms with E-state index in [4.69, 9.17) is 0 Å². The van der Waals surface area contributed by atoms with Gasteiger partial charge in [-0.1, -0.05) is 36.4 Å². The Bertz CT molecular complexity index is 1010. The lowest BCUT2D eigenvalue weighted by Crippen LogP contribution is -3.00. The molecule has 160 valence electrons. The molecule has 0 aliphatic rings. The van der Waals surface area contributed by atoms with Gasteiger partial charge in [-0.2, -0.15) is 5.10 Å². The zero-order valence-electron chi connectivity index (χ0n) is 17.4. The van der Waals surface area contributed by atoms with Crippen LogP contribution in [0.2, 0.25) is 0 Å². The Morgan fingerprint density at radius 2 is 1.80 bits per heavy atom. The maximum absolute atomic E-state index is 4.30. The number of pyridine rings is 1. The van der Waals surface area contributed by atoms with Gasteiger partial charge in [0.15, 0.2) is 5.69 Å². The largest absolute Gasteiger partial charge is 1.00 e. The topological polar surface area (TPSA) is 57.8 Å². The summed E-state index contributed by atoms with van der Waals surface area (Å²) in [5.41, 5.74) is 7.41. The van der Waals surface area contributed by atoms with Crippen molar-refractivity contribution in [1.82, 2.24) is 15.3 Å². The molecule has 3 rings (SSSR count). The van der Waals surface area contributed by atoms with E-state index in [9.17, 15) is 0 Å². The Labute approximate surface area is 199 Å². The standard InChI is InChI=1S/C22H27N6.2BrH/c1-4-23-22(24-5-2)26-25-16-19-11-9-18(10-12-19)13-14-20-17-28-15-7-6-8-21(28)27(20)3;;/h6-17H,4-5H2,1-3H3,(H2,23,24,26);2*1H/q+1;;/p-1/b14-13+,25-16+;;. The van der Waals surface area contributed by atoms with Gasteiger partial charge < -0.3 is 22.3 Å². The van der Waals surface area contributed by atoms with Crippen LogP contribution < -0.4 is 32.1 Å². The second-order valence-corrected chi connectivity index (χ2v) is 6.30. The average Bonchev–Trinajstić information content (AvgIpc) is 3.04. The predicted octanol–water partition coefficient (Wildman–Crippen LogP) is 0.425. The lowest BCUT2D eigenvalue weighted by molar-refractivity contribution is -0.510. The van der Waals surface area contributed by atoms with Gasteiger partial charge in [0.05, 0.1) is 19.5 Å². The maximum Gasteiger partial charge on any atom is 0.286 e. The third-order valence-electron chi connectivity index (χ3n) is 4.30. The number of fused-ring (bicyclic) bond motifs is 1. The van der Waals surface area contributed by atoms with Gasteiger partial charge in [-0.15, -0.1) is 17.0 Å². The SMILES string of the molecule is Br.CCN=C(NCC)N/N=C/c1ccc(/C=C/c2c[n+]3ccccc3n2C)cc1.[Br-]. The second kappa shape index (κ2) is 13.0. The molecule has 0 atom stereocenters. The van der Waals surface area contributed by atoms with Crippen LogP contribution in [-0.2, 0) is 7.05 Å². The highest BCUT2D eigenvalue weighted by Crippen LogP contribution is 2.10. The van der Waals surface area contributed by atoms with Crippen LogP contribution in [0.25, 0.3) is 17.8 Å². The molecular formula is C22H28Br2N6. The van der Waals surface area contributed by atoms with Gasteiger partial charge in [-0.25, -0.2) is 14.4 Å². The summed E-state index contributed by atoms with van der Waals surface area (Å²) < 4.78 is 4.29. The Kier molecular flexibility index (Phi) is 11.1. The van der Waals surface area contributed by atoms with E-state index in [1.807, 2.05) is 38.1 Å². The van der Waals surface area contributed by atoms with E-state index in [1.165, 1.54) is 0 Å². The number of nitrogens with one attached hydrogen (secondary N) is 2. The average molecular weight is 536 g/mol. The van der Waals surface area contributed by atoms with Crippen LogP contribution in [0.15, 0.2) is 65.0 Å². The van der Waals surface area contributed by atoms with E-state index in [0.717, 1.165) is 29.0 Å². The zero-order chi connectivity index (χ0) is 19.8. The highest BCUT2D eigenvalue weighted by Gasteiger charge is 2.10. The van der Waals surface area contributed by atoms with Crippen LogP contribution in [0, 0.1) is 0 Å².